The Morgan fingerprint density at radius 2 is 1.58 bits per heavy atom. The molecule has 0 saturated heterocycles. The Morgan fingerprint density at radius 3 is 2.34 bits per heavy atom. The van der Waals surface area contributed by atoms with Gasteiger partial charge in [-0.3, -0.25) is 43.5 Å². The van der Waals surface area contributed by atoms with Crippen molar-refractivity contribution in [3.8, 4) is 28.1 Å². The van der Waals surface area contributed by atoms with Crippen molar-refractivity contribution >= 4 is 84.2 Å². The number of fused-ring (bicyclic) bond motifs is 2. The number of para-hydroxylation sites is 2. The minimum absolute atomic E-state index is 0.00200. The second-order valence-corrected chi connectivity index (χ2v) is 29.7. The molecule has 98 heavy (non-hydrogen) atoms. The number of nitrogens with zero attached hydrogens (tertiary/aromatic N) is 7. The normalized spacial score (nSPS) is 21.1. The molecule has 3 aromatic heterocycles. The lowest BCUT2D eigenvalue weighted by atomic mass is 9.39. The van der Waals surface area contributed by atoms with Crippen LogP contribution in [0, 0.1) is 23.2 Å². The van der Waals surface area contributed by atoms with Crippen LogP contribution in [0.3, 0.4) is 0 Å². The topological polar surface area (TPSA) is 330 Å². The van der Waals surface area contributed by atoms with E-state index in [2.05, 4.69) is 34.8 Å². The molecule has 7 amide bonds. The zero-order valence-electron chi connectivity index (χ0n) is 55.5. The highest BCUT2D eigenvalue weighted by Gasteiger charge is 2.66. The number of nitrogens with one attached hydrogen (secondary N) is 3. The van der Waals surface area contributed by atoms with Gasteiger partial charge in [0.2, 0.25) is 11.8 Å². The van der Waals surface area contributed by atoms with E-state index in [0.717, 1.165) is 83.4 Å². The number of hydrogen-bond donors (Lipinski definition) is 5. The van der Waals surface area contributed by atoms with E-state index in [-0.39, 0.29) is 100 Å². The van der Waals surface area contributed by atoms with Gasteiger partial charge in [0.05, 0.1) is 54.1 Å². The average Bonchev–Trinajstić information content (AvgIpc) is 1.36. The molecule has 4 aliphatic carbocycles. The molecule has 522 valence electrons. The van der Waals surface area contributed by atoms with Crippen LogP contribution in [-0.2, 0) is 67.8 Å². The van der Waals surface area contributed by atoms with E-state index < -0.39 is 63.2 Å². The van der Waals surface area contributed by atoms with E-state index in [9.17, 15) is 51.6 Å². The van der Waals surface area contributed by atoms with Crippen LogP contribution in [0.5, 0.6) is 5.75 Å². The number of methoxy groups -OCH3 is 1. The summed E-state index contributed by atoms with van der Waals surface area (Å²) in [6.07, 6.45) is 11.9. The van der Waals surface area contributed by atoms with Gasteiger partial charge in [-0.25, -0.2) is 24.4 Å². The molecule has 5 heterocycles. The molecule has 6 aromatic rings. The SMILES string of the molecule is COCCN(CCOC12CC3(C)CC(C)(CC(Cn4ncc(-c5ccc(-c6ccc7c(c6)N(C(=O)Nc6nc8ccccc8s6)CCC7)nc5C(=O)O)c4C)(C3)C1)C2)C(=O)OCc1ccccc1OCCOCCNC(=O)[C@H](CS(=O)(=O)O)NC(=O)CCCCCN1C(=O)C=CC1=O. The van der Waals surface area contributed by atoms with Crippen molar-refractivity contribution in [1.82, 2.24) is 40.2 Å². The largest absolute Gasteiger partial charge is 0.491 e. The van der Waals surface area contributed by atoms with Crippen LogP contribution in [0.15, 0.2) is 97.2 Å². The van der Waals surface area contributed by atoms with Crippen molar-refractivity contribution in [3.63, 3.8) is 0 Å². The van der Waals surface area contributed by atoms with E-state index in [1.807, 2.05) is 60.1 Å². The van der Waals surface area contributed by atoms with Gasteiger partial charge in [0.1, 0.15) is 30.8 Å². The third-order valence-electron chi connectivity index (χ3n) is 19.0. The Hall–Kier alpha value is -8.67. The lowest BCUT2D eigenvalue weighted by Gasteiger charge is -2.69. The van der Waals surface area contributed by atoms with Gasteiger partial charge in [0.15, 0.2) is 10.8 Å². The molecule has 4 fully saturated rings. The molecule has 26 nitrogen and oxygen atoms in total. The number of aryl methyl sites for hydroxylation is 1. The number of carbonyl (C=O) groups is 7. The number of urea groups is 1. The van der Waals surface area contributed by atoms with Gasteiger partial charge < -0.3 is 44.3 Å². The van der Waals surface area contributed by atoms with Crippen molar-refractivity contribution in [2.45, 2.75) is 123 Å². The lowest BCUT2D eigenvalue weighted by Crippen LogP contribution is -2.64. The number of pyridine rings is 1. The van der Waals surface area contributed by atoms with E-state index in [0.29, 0.717) is 71.2 Å². The fraction of sp³-hybridized carbons (Fsp3) is 0.486. The predicted molar refractivity (Wildman–Crippen MR) is 364 cm³/mol. The van der Waals surface area contributed by atoms with Gasteiger partial charge in [-0.1, -0.05) is 74.1 Å². The average molecular weight is 1390 g/mol. The second-order valence-electron chi connectivity index (χ2n) is 27.2. The summed E-state index contributed by atoms with van der Waals surface area (Å²) < 4.78 is 66.0. The molecule has 5 N–H and O–H groups in total. The number of carboxylic acids is 1. The number of rotatable bonds is 32. The number of benzene rings is 3. The Kier molecular flexibility index (Phi) is 21.8. The zero-order valence-corrected chi connectivity index (χ0v) is 57.2. The Bertz CT molecular complexity index is 4070. The summed E-state index contributed by atoms with van der Waals surface area (Å²) >= 11 is 1.41. The summed E-state index contributed by atoms with van der Waals surface area (Å²) in [7, 11) is -3.09. The van der Waals surface area contributed by atoms with Crippen LogP contribution in [-0.4, -0.2) is 180 Å². The smallest absolute Gasteiger partial charge is 0.410 e. The number of thiazole rings is 1. The number of aromatic carboxylic acids is 1. The number of hydrogen-bond acceptors (Lipinski definition) is 18. The van der Waals surface area contributed by atoms with Gasteiger partial charge in [0, 0.05) is 98.6 Å². The number of imide groups is 1. The molecule has 3 aromatic carbocycles. The standard InChI is InChI=1S/C70H84N10O16S2/c1-46-51(50-21-22-52(74-61(50)63(85)86)48-20-19-47-14-12-27-78(55(47)35-48)65(87)76-64-75-53-15-8-10-17-57(53)97-64)36-72-80(46)45-69-40-67(2)39-68(3,41-69)43-70(42-67,44-69)96-32-29-77(28-31-92-4)66(88)95-37-49-13-7-9-16-56(49)94-34-33-93-30-25-71-62(84)54(38-98(89,90)91)73-58(81)18-6-5-11-26-79-59(82)23-24-60(79)83/h7-10,13,15-17,19-24,35-36,54H,5-6,11-12,14,18,25-34,37-45H2,1-4H3,(H,71,84)(H,73,81)(H,85,86)(H,75,76,87)(H,89,90,91)/t54-,67?,68?,69?,70?/m0/s1. The van der Waals surface area contributed by atoms with Crippen molar-refractivity contribution < 1.29 is 75.3 Å². The summed E-state index contributed by atoms with van der Waals surface area (Å²) in [6.45, 7) is 9.06. The van der Waals surface area contributed by atoms with Crippen LogP contribution < -0.4 is 25.6 Å². The van der Waals surface area contributed by atoms with Crippen molar-refractivity contribution in [2.75, 3.05) is 88.8 Å². The van der Waals surface area contributed by atoms with Gasteiger partial charge in [0.25, 0.3) is 21.9 Å². The van der Waals surface area contributed by atoms with Gasteiger partial charge in [-0.05, 0) is 129 Å². The van der Waals surface area contributed by atoms with E-state index >= 15 is 0 Å². The van der Waals surface area contributed by atoms with Crippen molar-refractivity contribution in [2.24, 2.45) is 16.2 Å². The number of amides is 7. The van der Waals surface area contributed by atoms with Crippen LogP contribution in [0.1, 0.15) is 112 Å². The first-order chi connectivity index (χ1) is 46.9. The third-order valence-corrected chi connectivity index (χ3v) is 20.8. The first-order valence-electron chi connectivity index (χ1n) is 33.1. The monoisotopic (exact) mass is 1380 g/mol. The molecule has 12 rings (SSSR count). The molecule has 6 aliphatic rings. The maximum Gasteiger partial charge on any atom is 0.410 e. The first-order valence-corrected chi connectivity index (χ1v) is 35.6. The summed E-state index contributed by atoms with van der Waals surface area (Å²) in [5.41, 5.74) is 5.49. The van der Waals surface area contributed by atoms with Crippen molar-refractivity contribution in [1.29, 1.82) is 0 Å². The highest BCUT2D eigenvalue weighted by Crippen LogP contribution is 2.72. The molecule has 2 aliphatic heterocycles. The maximum absolute atomic E-state index is 13.9. The highest BCUT2D eigenvalue weighted by atomic mass is 32.2. The summed E-state index contributed by atoms with van der Waals surface area (Å²) in [5.74, 6) is -4.03. The van der Waals surface area contributed by atoms with Gasteiger partial charge in [-0.2, -0.15) is 13.5 Å². The van der Waals surface area contributed by atoms with Crippen LogP contribution in [0.2, 0.25) is 0 Å². The first kappa shape index (κ1) is 70.6. The molecule has 0 radical (unpaired) electrons. The lowest BCUT2D eigenvalue weighted by molar-refractivity contribution is -0.248. The Labute approximate surface area is 572 Å². The second kappa shape index (κ2) is 30.2. The van der Waals surface area contributed by atoms with Gasteiger partial charge in [-0.15, -0.1) is 0 Å². The summed E-state index contributed by atoms with van der Waals surface area (Å²) in [6, 6.07) is 22.4. The molecule has 0 spiro atoms. The molecule has 4 bridgehead atoms. The molecule has 2 unspecified atom stereocenters. The minimum atomic E-state index is -4.66. The predicted octanol–water partition coefficient (Wildman–Crippen LogP) is 9.00. The highest BCUT2D eigenvalue weighted by molar-refractivity contribution is 7.85. The summed E-state index contributed by atoms with van der Waals surface area (Å²) in [5, 5.41) is 24.1. The number of unbranched alkanes of at least 4 members (excludes halogenated alkanes) is 2. The zero-order chi connectivity index (χ0) is 69.4. The number of carboxylic acid groups (broad SMARTS) is 1. The van der Waals surface area contributed by atoms with Crippen LogP contribution in [0.4, 0.5) is 20.4 Å². The molecule has 3 atom stereocenters. The van der Waals surface area contributed by atoms with Gasteiger partial charge >= 0.3 is 18.1 Å². The Morgan fingerprint density at radius 1 is 0.827 bits per heavy atom. The fourth-order valence-electron chi connectivity index (χ4n) is 16.0. The number of anilines is 2. The molecule has 28 heteroatoms. The quantitative estimate of drug-likeness (QED) is 0.0149. The number of ether oxygens (including phenoxy) is 5. The molecular formula is C70H84N10O16S2. The van der Waals surface area contributed by atoms with Crippen molar-refractivity contribution in [3.05, 3.63) is 120 Å². The maximum atomic E-state index is 13.9. The number of carbonyl (C=O) groups excluding carboxylic acids is 6. The van der Waals surface area contributed by atoms with E-state index in [4.69, 9.17) is 33.8 Å². The van der Waals surface area contributed by atoms with Crippen LogP contribution >= 0.6 is 11.3 Å². The number of aromatic nitrogens is 4. The minimum Gasteiger partial charge on any atom is -0.491 e. The molecular weight excluding hydrogens is 1300 g/mol. The van der Waals surface area contributed by atoms with E-state index in [1.165, 1.54) is 23.5 Å². The fourth-order valence-corrected chi connectivity index (χ4v) is 17.5. The summed E-state index contributed by atoms with van der Waals surface area (Å²) in [4.78, 5) is 104. The van der Waals surface area contributed by atoms with Crippen LogP contribution in [0.25, 0.3) is 32.6 Å². The van der Waals surface area contributed by atoms with E-state index in [1.54, 1.807) is 53.4 Å². The Balaban J connectivity index is 0.658. The molecule has 4 saturated carbocycles. The third kappa shape index (κ3) is 17.1.